The molecule has 36 heavy (non-hydrogen) atoms. The van der Waals surface area contributed by atoms with Crippen LogP contribution >= 0.6 is 11.6 Å². The predicted octanol–water partition coefficient (Wildman–Crippen LogP) is 5.12. The monoisotopic (exact) mass is 529 g/mol. The zero-order valence-electron chi connectivity index (χ0n) is 20.0. The van der Waals surface area contributed by atoms with Crippen molar-refractivity contribution in [3.63, 3.8) is 0 Å². The lowest BCUT2D eigenvalue weighted by Crippen LogP contribution is -2.07. The number of rotatable bonds is 7. The van der Waals surface area contributed by atoms with Gasteiger partial charge in [-0.1, -0.05) is 29.8 Å². The average molecular weight is 530 g/mol. The lowest BCUT2D eigenvalue weighted by molar-refractivity contribution is 0.206. The second kappa shape index (κ2) is 10.0. The number of benzene rings is 2. The van der Waals surface area contributed by atoms with Gasteiger partial charge in [-0.3, -0.25) is 0 Å². The minimum absolute atomic E-state index is 0.275. The van der Waals surface area contributed by atoms with Gasteiger partial charge < -0.3 is 19.9 Å². The number of halogens is 1. The summed E-state index contributed by atoms with van der Waals surface area (Å²) in [5.74, 6) is 1.78. The summed E-state index contributed by atoms with van der Waals surface area (Å²) in [4.78, 5) is 15.8. The molecule has 1 unspecified atom stereocenters. The van der Waals surface area contributed by atoms with Gasteiger partial charge in [0, 0.05) is 29.3 Å². The van der Waals surface area contributed by atoms with Crippen LogP contribution in [0.5, 0.6) is 11.5 Å². The van der Waals surface area contributed by atoms with Crippen LogP contribution in [0.2, 0.25) is 5.15 Å². The number of aryl methyl sites for hydroxylation is 1. The first kappa shape index (κ1) is 25.3. The topological polar surface area (TPSA) is 127 Å². The highest BCUT2D eigenvalue weighted by Crippen LogP contribution is 2.36. The van der Waals surface area contributed by atoms with E-state index in [4.69, 9.17) is 26.2 Å². The molecule has 4 rings (SSSR count). The molecule has 0 fully saturated rings. The van der Waals surface area contributed by atoms with E-state index in [0.717, 1.165) is 22.4 Å². The fourth-order valence-corrected chi connectivity index (χ4v) is 5.12. The smallest absolute Gasteiger partial charge is 0.439 e. The Morgan fingerprint density at radius 1 is 1.17 bits per heavy atom. The number of hydrogen-bond donors (Lipinski definition) is 2. The van der Waals surface area contributed by atoms with Gasteiger partial charge in [-0.2, -0.15) is 9.61 Å². The van der Waals surface area contributed by atoms with Crippen LogP contribution in [0.4, 0.5) is 10.6 Å². The van der Waals surface area contributed by atoms with Crippen LogP contribution < -0.4 is 14.8 Å². The summed E-state index contributed by atoms with van der Waals surface area (Å²) in [6, 6.07) is 14.0. The molecule has 2 N–H and O–H groups in total. The largest absolute Gasteiger partial charge is 0.493 e. The van der Waals surface area contributed by atoms with Crippen molar-refractivity contribution in [1.29, 1.82) is 0 Å². The summed E-state index contributed by atoms with van der Waals surface area (Å²) in [5.41, 5.74) is 3.70. The van der Waals surface area contributed by atoms with E-state index >= 15 is 0 Å². The third-order valence-corrected chi connectivity index (χ3v) is 7.29. The van der Waals surface area contributed by atoms with Crippen LogP contribution in [0.3, 0.4) is 0 Å². The first-order chi connectivity index (χ1) is 17.1. The van der Waals surface area contributed by atoms with Gasteiger partial charge in [-0.15, -0.1) is 4.36 Å². The molecule has 1 atom stereocenters. The number of nitrogens with zero attached hydrogens (tertiary/aromatic N) is 4. The molecule has 188 valence electrons. The number of carboxylic acid groups (broad SMARTS) is 1. The summed E-state index contributed by atoms with van der Waals surface area (Å²) >= 11 is 6.37. The number of methoxy groups -OCH3 is 2. The predicted molar refractivity (Wildman–Crippen MR) is 138 cm³/mol. The molecule has 0 aliphatic rings. The van der Waals surface area contributed by atoms with Crippen LogP contribution in [0, 0.1) is 6.92 Å². The summed E-state index contributed by atoms with van der Waals surface area (Å²) in [7, 11) is 0.0788. The lowest BCUT2D eigenvalue weighted by atomic mass is 10.1. The normalized spacial score (nSPS) is 12.7. The molecule has 0 aliphatic carbocycles. The number of aromatic nitrogens is 3. The lowest BCUT2D eigenvalue weighted by Gasteiger charge is -2.11. The van der Waals surface area contributed by atoms with E-state index in [9.17, 15) is 9.00 Å². The minimum atomic E-state index is -3.07. The van der Waals surface area contributed by atoms with Crippen LogP contribution in [-0.4, -0.2) is 50.5 Å². The van der Waals surface area contributed by atoms with E-state index in [1.807, 2.05) is 31.2 Å². The molecule has 0 saturated carbocycles. The van der Waals surface area contributed by atoms with Crippen molar-refractivity contribution in [3.8, 4) is 22.6 Å². The first-order valence-electron chi connectivity index (χ1n) is 10.7. The second-order valence-electron chi connectivity index (χ2n) is 7.91. The number of anilines is 1. The number of fused-ring (bicyclic) bond motifs is 1. The minimum Gasteiger partial charge on any atom is -0.493 e. The van der Waals surface area contributed by atoms with E-state index in [2.05, 4.69) is 19.8 Å². The molecule has 4 aromatic rings. The van der Waals surface area contributed by atoms with Gasteiger partial charge in [0.25, 0.3) is 0 Å². The van der Waals surface area contributed by atoms with E-state index in [1.54, 1.807) is 43.0 Å². The van der Waals surface area contributed by atoms with E-state index in [1.165, 1.54) is 6.26 Å². The van der Waals surface area contributed by atoms with Crippen molar-refractivity contribution in [2.45, 2.75) is 18.4 Å². The number of carbonyl (C=O) groups is 1. The van der Waals surface area contributed by atoms with Crippen molar-refractivity contribution >= 4 is 38.9 Å². The Balaban J connectivity index is 1.71. The molecular weight excluding hydrogens is 506 g/mol. The Labute approximate surface area is 213 Å². The quantitative estimate of drug-likeness (QED) is 0.316. The standard InChI is InChI=1S/C24H24ClN5O5S/c1-14-22(16-8-9-18(34-2)19(11-16)35-3)23-27-20(25)12-21(30(23)28-14)26-13-15-6-5-7-17(10-15)36(4,33)29-24(31)32/h5-12,26H,13H2,1-4H3,(H,31,32). The molecule has 0 aliphatic heterocycles. The summed E-state index contributed by atoms with van der Waals surface area (Å²) < 4.78 is 28.5. The second-order valence-corrected chi connectivity index (χ2v) is 10.6. The molecule has 2 aromatic carbocycles. The Hall–Kier alpha value is -3.83. The van der Waals surface area contributed by atoms with E-state index < -0.39 is 15.8 Å². The molecule has 0 bridgehead atoms. The van der Waals surface area contributed by atoms with Crippen LogP contribution in [0.1, 0.15) is 11.3 Å². The number of nitrogens with one attached hydrogen (secondary N) is 1. The van der Waals surface area contributed by atoms with Gasteiger partial charge in [0.2, 0.25) is 0 Å². The molecule has 0 radical (unpaired) electrons. The number of ether oxygens (including phenoxy) is 2. The van der Waals surface area contributed by atoms with Crippen molar-refractivity contribution in [2.24, 2.45) is 4.36 Å². The van der Waals surface area contributed by atoms with Crippen molar-refractivity contribution < 1.29 is 23.6 Å². The summed E-state index contributed by atoms with van der Waals surface area (Å²) in [6.45, 7) is 2.21. The van der Waals surface area contributed by atoms with Crippen molar-refractivity contribution in [3.05, 3.63) is 64.9 Å². The maximum Gasteiger partial charge on any atom is 0.439 e. The fraction of sp³-hybridized carbons (Fsp3) is 0.208. The van der Waals surface area contributed by atoms with Gasteiger partial charge in [-0.25, -0.2) is 14.0 Å². The Bertz CT molecular complexity index is 1590. The van der Waals surface area contributed by atoms with Crippen LogP contribution in [0.25, 0.3) is 16.8 Å². The first-order valence-corrected chi connectivity index (χ1v) is 13.0. The van der Waals surface area contributed by atoms with Crippen molar-refractivity contribution in [2.75, 3.05) is 25.8 Å². The van der Waals surface area contributed by atoms with E-state index in [0.29, 0.717) is 34.4 Å². The van der Waals surface area contributed by atoms with Gasteiger partial charge >= 0.3 is 6.09 Å². The van der Waals surface area contributed by atoms with Gasteiger partial charge in [0.15, 0.2) is 17.1 Å². The zero-order chi connectivity index (χ0) is 26.0. The molecule has 2 heterocycles. The molecule has 12 heteroatoms. The average Bonchev–Trinajstić information content (AvgIpc) is 3.17. The van der Waals surface area contributed by atoms with E-state index in [-0.39, 0.29) is 5.15 Å². The van der Waals surface area contributed by atoms with Crippen LogP contribution in [-0.2, 0) is 16.3 Å². The molecular formula is C24H24ClN5O5S. The number of hydrogen-bond acceptors (Lipinski definition) is 7. The van der Waals surface area contributed by atoms with Crippen LogP contribution in [0.15, 0.2) is 57.8 Å². The Morgan fingerprint density at radius 2 is 1.92 bits per heavy atom. The SMILES string of the molecule is COc1ccc(-c2c(C)nn3c(NCc4cccc(S(C)(=O)=NC(=O)O)c4)cc(Cl)nc23)cc1OC. The van der Waals surface area contributed by atoms with Crippen molar-refractivity contribution in [1.82, 2.24) is 14.6 Å². The fourth-order valence-electron chi connectivity index (χ4n) is 3.83. The Kier molecular flexibility index (Phi) is 7.04. The van der Waals surface area contributed by atoms with Gasteiger partial charge in [0.05, 0.1) is 29.6 Å². The third kappa shape index (κ3) is 5.07. The molecule has 2 aromatic heterocycles. The molecule has 0 spiro atoms. The Morgan fingerprint density at radius 3 is 2.61 bits per heavy atom. The maximum absolute atomic E-state index is 12.7. The highest BCUT2D eigenvalue weighted by atomic mass is 35.5. The number of amides is 1. The van der Waals surface area contributed by atoms with Gasteiger partial charge in [-0.05, 0) is 42.3 Å². The molecule has 1 amide bonds. The molecule has 0 saturated heterocycles. The summed E-state index contributed by atoms with van der Waals surface area (Å²) in [6.07, 6.45) is -0.179. The maximum atomic E-state index is 12.7. The third-order valence-electron chi connectivity index (χ3n) is 5.47. The highest BCUT2D eigenvalue weighted by Gasteiger charge is 2.18. The van der Waals surface area contributed by atoms with Gasteiger partial charge in [0.1, 0.15) is 11.0 Å². The highest BCUT2D eigenvalue weighted by molar-refractivity contribution is 7.93. The molecule has 10 nitrogen and oxygen atoms in total. The summed E-state index contributed by atoms with van der Waals surface area (Å²) in [5, 5.41) is 17.2. The zero-order valence-corrected chi connectivity index (χ0v) is 21.6.